The lowest BCUT2D eigenvalue weighted by atomic mass is 10.0. The van der Waals surface area contributed by atoms with Crippen molar-refractivity contribution in [1.29, 1.82) is 0 Å². The van der Waals surface area contributed by atoms with Crippen LogP contribution in [0.3, 0.4) is 0 Å². The van der Waals surface area contributed by atoms with Crippen molar-refractivity contribution in [2.24, 2.45) is 0 Å². The summed E-state index contributed by atoms with van der Waals surface area (Å²) in [5.74, 6) is 1.34. The summed E-state index contributed by atoms with van der Waals surface area (Å²) in [5.41, 5.74) is 0. The number of aromatic nitrogens is 1. The van der Waals surface area contributed by atoms with Gasteiger partial charge in [0.15, 0.2) is 0 Å². The van der Waals surface area contributed by atoms with Gasteiger partial charge >= 0.3 is 0 Å². The molecule has 2 heterocycles. The van der Waals surface area contributed by atoms with E-state index >= 15 is 0 Å². The third-order valence-electron chi connectivity index (χ3n) is 2.52. The van der Waals surface area contributed by atoms with E-state index in [0.717, 1.165) is 0 Å². The van der Waals surface area contributed by atoms with Gasteiger partial charge in [0.2, 0.25) is 0 Å². The number of nitrogens with zero attached hydrogens (tertiary/aromatic N) is 2. The summed E-state index contributed by atoms with van der Waals surface area (Å²) < 4.78 is 0. The Morgan fingerprint density at radius 2 is 2.23 bits per heavy atom. The molecular weight excluding hydrogens is 180 g/mol. The zero-order chi connectivity index (χ0) is 9.42. The van der Waals surface area contributed by atoms with Gasteiger partial charge in [0, 0.05) is 30.1 Å². The SMILES string of the molecule is CC(C)c1cnc(C2CN(C)C2)s1. The van der Waals surface area contributed by atoms with E-state index in [4.69, 9.17) is 0 Å². The van der Waals surface area contributed by atoms with Crippen molar-refractivity contribution in [1.82, 2.24) is 9.88 Å². The Morgan fingerprint density at radius 3 is 2.69 bits per heavy atom. The molecule has 0 radical (unpaired) electrons. The quantitative estimate of drug-likeness (QED) is 0.721. The fourth-order valence-electron chi connectivity index (χ4n) is 1.61. The number of likely N-dealkylation sites (N-methyl/N-ethyl adjacent to an activating group) is 1. The van der Waals surface area contributed by atoms with E-state index in [1.54, 1.807) is 0 Å². The summed E-state index contributed by atoms with van der Waals surface area (Å²) in [7, 11) is 2.16. The van der Waals surface area contributed by atoms with Crippen molar-refractivity contribution in [3.63, 3.8) is 0 Å². The summed E-state index contributed by atoms with van der Waals surface area (Å²) >= 11 is 1.89. The van der Waals surface area contributed by atoms with Crippen LogP contribution in [-0.2, 0) is 0 Å². The van der Waals surface area contributed by atoms with Crippen LogP contribution < -0.4 is 0 Å². The van der Waals surface area contributed by atoms with Gasteiger partial charge in [0.25, 0.3) is 0 Å². The molecule has 0 bridgehead atoms. The second-order valence-corrected chi connectivity index (χ2v) is 5.27. The first-order chi connectivity index (χ1) is 6.16. The molecule has 72 valence electrons. The molecule has 0 N–H and O–H groups in total. The Kier molecular flexibility index (Phi) is 2.39. The Morgan fingerprint density at radius 1 is 1.54 bits per heavy atom. The third-order valence-corrected chi connectivity index (χ3v) is 3.98. The van der Waals surface area contributed by atoms with Crippen molar-refractivity contribution < 1.29 is 0 Å². The van der Waals surface area contributed by atoms with Gasteiger partial charge in [-0.3, -0.25) is 0 Å². The molecule has 0 saturated carbocycles. The molecule has 0 amide bonds. The summed E-state index contributed by atoms with van der Waals surface area (Å²) in [6, 6.07) is 0. The molecular formula is C10H16N2S. The molecule has 13 heavy (non-hydrogen) atoms. The van der Waals surface area contributed by atoms with Crippen LogP contribution >= 0.6 is 11.3 Å². The van der Waals surface area contributed by atoms with Crippen molar-refractivity contribution >= 4 is 11.3 Å². The topological polar surface area (TPSA) is 16.1 Å². The monoisotopic (exact) mass is 196 g/mol. The maximum absolute atomic E-state index is 4.49. The Hall–Kier alpha value is -0.410. The molecule has 1 aromatic heterocycles. The number of hydrogen-bond acceptors (Lipinski definition) is 3. The van der Waals surface area contributed by atoms with Crippen LogP contribution in [0.25, 0.3) is 0 Å². The van der Waals surface area contributed by atoms with E-state index in [1.807, 2.05) is 17.5 Å². The molecule has 1 aliphatic rings. The smallest absolute Gasteiger partial charge is 0.0984 e. The van der Waals surface area contributed by atoms with Crippen molar-refractivity contribution in [3.05, 3.63) is 16.1 Å². The van der Waals surface area contributed by atoms with Crippen LogP contribution in [-0.4, -0.2) is 30.0 Å². The van der Waals surface area contributed by atoms with Gasteiger partial charge in [-0.25, -0.2) is 4.98 Å². The Labute approximate surface area is 83.6 Å². The van der Waals surface area contributed by atoms with E-state index in [1.165, 1.54) is 23.0 Å². The van der Waals surface area contributed by atoms with Gasteiger partial charge in [-0.05, 0) is 13.0 Å². The Balaban J connectivity index is 2.06. The van der Waals surface area contributed by atoms with E-state index < -0.39 is 0 Å². The second kappa shape index (κ2) is 3.39. The molecule has 1 fully saturated rings. The molecule has 1 aliphatic heterocycles. The lowest BCUT2D eigenvalue weighted by molar-refractivity contribution is 0.189. The van der Waals surface area contributed by atoms with Crippen LogP contribution in [0.5, 0.6) is 0 Å². The number of hydrogen-bond donors (Lipinski definition) is 0. The van der Waals surface area contributed by atoms with Crippen LogP contribution in [0.2, 0.25) is 0 Å². The predicted molar refractivity (Wildman–Crippen MR) is 56.4 cm³/mol. The Bertz CT molecular complexity index is 287. The molecule has 3 heteroatoms. The molecule has 0 aliphatic carbocycles. The average molecular weight is 196 g/mol. The van der Waals surface area contributed by atoms with Crippen LogP contribution in [0.15, 0.2) is 6.20 Å². The zero-order valence-electron chi connectivity index (χ0n) is 8.45. The maximum atomic E-state index is 4.49. The summed E-state index contributed by atoms with van der Waals surface area (Å²) in [6.45, 7) is 6.82. The third kappa shape index (κ3) is 1.76. The van der Waals surface area contributed by atoms with Gasteiger partial charge in [-0.15, -0.1) is 11.3 Å². The number of thiazole rings is 1. The molecule has 0 spiro atoms. The molecule has 2 nitrogen and oxygen atoms in total. The molecule has 1 aromatic rings. The van der Waals surface area contributed by atoms with Crippen molar-refractivity contribution in [3.8, 4) is 0 Å². The highest BCUT2D eigenvalue weighted by atomic mass is 32.1. The molecule has 0 unspecified atom stereocenters. The van der Waals surface area contributed by atoms with Gasteiger partial charge in [0.05, 0.1) is 5.01 Å². The molecule has 0 atom stereocenters. The largest absolute Gasteiger partial charge is 0.305 e. The summed E-state index contributed by atoms with van der Waals surface area (Å²) in [4.78, 5) is 8.24. The predicted octanol–water partition coefficient (Wildman–Crippen LogP) is 2.30. The zero-order valence-corrected chi connectivity index (χ0v) is 9.27. The fraction of sp³-hybridized carbons (Fsp3) is 0.700. The lowest BCUT2D eigenvalue weighted by Crippen LogP contribution is -2.41. The van der Waals surface area contributed by atoms with Gasteiger partial charge < -0.3 is 4.90 Å². The van der Waals surface area contributed by atoms with Crippen LogP contribution in [0.4, 0.5) is 0 Å². The first-order valence-corrected chi connectivity index (χ1v) is 5.62. The highest BCUT2D eigenvalue weighted by Crippen LogP contribution is 2.31. The van der Waals surface area contributed by atoms with E-state index in [-0.39, 0.29) is 0 Å². The first kappa shape index (κ1) is 9.16. The highest BCUT2D eigenvalue weighted by Gasteiger charge is 2.27. The van der Waals surface area contributed by atoms with E-state index in [2.05, 4.69) is 30.8 Å². The number of likely N-dealkylation sites (tertiary alicyclic amines) is 1. The summed E-state index contributed by atoms with van der Waals surface area (Å²) in [5, 5.41) is 1.34. The molecule has 0 aromatic carbocycles. The molecule has 1 saturated heterocycles. The highest BCUT2D eigenvalue weighted by molar-refractivity contribution is 7.11. The van der Waals surface area contributed by atoms with Gasteiger partial charge in [-0.2, -0.15) is 0 Å². The van der Waals surface area contributed by atoms with Crippen molar-refractivity contribution in [2.75, 3.05) is 20.1 Å². The van der Waals surface area contributed by atoms with E-state index in [0.29, 0.717) is 11.8 Å². The normalized spacial score (nSPS) is 19.4. The second-order valence-electron chi connectivity index (χ2n) is 4.17. The van der Waals surface area contributed by atoms with Crippen LogP contribution in [0.1, 0.15) is 35.6 Å². The lowest BCUT2D eigenvalue weighted by Gasteiger charge is -2.34. The van der Waals surface area contributed by atoms with E-state index in [9.17, 15) is 0 Å². The van der Waals surface area contributed by atoms with Gasteiger partial charge in [0.1, 0.15) is 0 Å². The molecule has 2 rings (SSSR count). The minimum atomic E-state index is 0.629. The minimum Gasteiger partial charge on any atom is -0.305 e. The minimum absolute atomic E-state index is 0.629. The van der Waals surface area contributed by atoms with Gasteiger partial charge in [-0.1, -0.05) is 13.8 Å². The average Bonchev–Trinajstić information content (AvgIpc) is 2.46. The fourth-order valence-corrected chi connectivity index (χ4v) is 2.62. The standard InChI is InChI=1S/C10H16N2S/c1-7(2)9-4-11-10(13-9)8-5-12(3)6-8/h4,7-8H,5-6H2,1-3H3. The summed E-state index contributed by atoms with van der Waals surface area (Å²) in [6.07, 6.45) is 2.04. The maximum Gasteiger partial charge on any atom is 0.0984 e. The van der Waals surface area contributed by atoms with Crippen LogP contribution in [0, 0.1) is 0 Å². The number of rotatable bonds is 2. The first-order valence-electron chi connectivity index (χ1n) is 4.81. The van der Waals surface area contributed by atoms with Crippen molar-refractivity contribution in [2.45, 2.75) is 25.7 Å².